The Labute approximate surface area is 196 Å². The van der Waals surface area contributed by atoms with E-state index in [0.29, 0.717) is 28.7 Å². The molecule has 1 aliphatic carbocycles. The van der Waals surface area contributed by atoms with E-state index >= 15 is 0 Å². The van der Waals surface area contributed by atoms with Crippen molar-refractivity contribution in [2.45, 2.75) is 47.0 Å². The van der Waals surface area contributed by atoms with Crippen molar-refractivity contribution in [1.29, 1.82) is 0 Å². The molecule has 0 aromatic heterocycles. The largest absolute Gasteiger partial charge is 0.465 e. The van der Waals surface area contributed by atoms with Gasteiger partial charge in [0.1, 0.15) is 0 Å². The van der Waals surface area contributed by atoms with Crippen molar-refractivity contribution in [3.05, 3.63) is 71.4 Å². The summed E-state index contributed by atoms with van der Waals surface area (Å²) in [5.41, 5.74) is 4.10. The highest BCUT2D eigenvalue weighted by atomic mass is 16.5. The maximum absolute atomic E-state index is 12.4. The van der Waals surface area contributed by atoms with Crippen molar-refractivity contribution >= 4 is 28.8 Å². The number of methoxy groups -OCH3 is 1. The lowest BCUT2D eigenvalue weighted by Crippen LogP contribution is -2.18. The highest BCUT2D eigenvalue weighted by Gasteiger charge is 2.33. The second-order valence-electron chi connectivity index (χ2n) is 9.71. The van der Waals surface area contributed by atoms with E-state index in [-0.39, 0.29) is 5.97 Å². The number of fused-ring (bicyclic) bond motifs is 1. The van der Waals surface area contributed by atoms with E-state index in [1.165, 1.54) is 26.9 Å². The van der Waals surface area contributed by atoms with Gasteiger partial charge in [-0.1, -0.05) is 51.1 Å². The van der Waals surface area contributed by atoms with Crippen LogP contribution in [-0.2, 0) is 20.7 Å². The molecule has 0 unspecified atom stereocenters. The molecule has 1 aliphatic heterocycles. The lowest BCUT2D eigenvalue weighted by atomic mass is 9.91. The fraction of sp³-hybridized carbons (Fsp3) is 0.393. The number of esters is 1. The zero-order valence-electron chi connectivity index (χ0n) is 20.2. The number of hydrogen-bond donors (Lipinski definition) is 0. The molecule has 2 aliphatic rings. The van der Waals surface area contributed by atoms with Gasteiger partial charge in [0, 0.05) is 30.9 Å². The molecule has 5 nitrogen and oxygen atoms in total. The first kappa shape index (κ1) is 24.4. The first-order chi connectivity index (χ1) is 15.6. The first-order valence-corrected chi connectivity index (χ1v) is 11.4. The molecule has 4 rings (SSSR count). The fourth-order valence-corrected chi connectivity index (χ4v) is 3.98. The molecule has 2 aromatic rings. The van der Waals surface area contributed by atoms with Crippen LogP contribution in [0.15, 0.2) is 54.7 Å². The van der Waals surface area contributed by atoms with E-state index in [1.54, 1.807) is 12.3 Å². The third kappa shape index (κ3) is 6.19. The zero-order valence-corrected chi connectivity index (χ0v) is 20.2. The van der Waals surface area contributed by atoms with Gasteiger partial charge in [0.2, 0.25) is 5.78 Å². The van der Waals surface area contributed by atoms with Gasteiger partial charge in [0.15, 0.2) is 5.78 Å². The summed E-state index contributed by atoms with van der Waals surface area (Å²) in [6.45, 7) is 8.92. The Morgan fingerprint density at radius 1 is 1.00 bits per heavy atom. The molecule has 0 spiro atoms. The predicted molar refractivity (Wildman–Crippen MR) is 131 cm³/mol. The summed E-state index contributed by atoms with van der Waals surface area (Å²) in [6.07, 6.45) is 5.42. The highest BCUT2D eigenvalue weighted by Crippen LogP contribution is 2.44. The number of ether oxygens (including phenoxy) is 1. The molecule has 0 radical (unpaired) electrons. The van der Waals surface area contributed by atoms with Gasteiger partial charge in [-0.3, -0.25) is 9.59 Å². The molecule has 0 saturated heterocycles. The van der Waals surface area contributed by atoms with Gasteiger partial charge in [0.25, 0.3) is 0 Å². The Hall–Kier alpha value is -3.21. The topological polar surface area (TPSA) is 63.7 Å². The van der Waals surface area contributed by atoms with Crippen LogP contribution in [-0.4, -0.2) is 31.2 Å². The minimum atomic E-state index is -0.518. The van der Waals surface area contributed by atoms with Crippen LogP contribution in [0.25, 0.3) is 5.57 Å². The number of ketones is 2. The Kier molecular flexibility index (Phi) is 7.52. The normalized spacial score (nSPS) is 15.3. The number of allylic oxidation sites excluding steroid dienone is 1. The first-order valence-electron chi connectivity index (χ1n) is 11.4. The molecule has 0 N–H and O–H groups in total. The van der Waals surface area contributed by atoms with Crippen molar-refractivity contribution in [3.8, 4) is 0 Å². The van der Waals surface area contributed by atoms with Crippen LogP contribution in [0.4, 0.5) is 5.69 Å². The SMILES string of the molecule is CC(C)(C)C1CC1.COC(=O)c1ccc2c(c1)CCN2/C=C(/C(=O)C(C)=O)c1ccccc1. The predicted octanol–water partition coefficient (Wildman–Crippen LogP) is 5.48. The van der Waals surface area contributed by atoms with Crippen LogP contribution >= 0.6 is 0 Å². The van der Waals surface area contributed by atoms with Crippen LogP contribution in [0.1, 0.15) is 62.0 Å². The highest BCUT2D eigenvalue weighted by molar-refractivity contribution is 6.53. The Bertz CT molecular complexity index is 1060. The summed E-state index contributed by atoms with van der Waals surface area (Å²) in [5, 5.41) is 0. The van der Waals surface area contributed by atoms with Crippen LogP contribution in [0, 0.1) is 11.3 Å². The summed E-state index contributed by atoms with van der Waals surface area (Å²) in [7, 11) is 1.35. The maximum Gasteiger partial charge on any atom is 0.337 e. The number of Topliss-reactive ketones (excluding diaryl/α,β-unsaturated/α-hetero) is 2. The van der Waals surface area contributed by atoms with Gasteiger partial charge >= 0.3 is 5.97 Å². The standard InChI is InChI=1S/C21H19NO4.C7H14/c1-14(23)20(24)18(15-6-4-3-5-7-15)13-22-11-10-16-12-17(21(25)26-2)8-9-19(16)22;1-7(2,3)6-4-5-6/h3-9,12-13H,10-11H2,1-2H3;6H,4-5H2,1-3H3/b18-13+;. The van der Waals surface area contributed by atoms with E-state index in [9.17, 15) is 14.4 Å². The van der Waals surface area contributed by atoms with Crippen LogP contribution in [0.2, 0.25) is 0 Å². The molecule has 0 bridgehead atoms. The Balaban J connectivity index is 0.000000374. The summed E-state index contributed by atoms with van der Waals surface area (Å²) < 4.78 is 4.76. The van der Waals surface area contributed by atoms with E-state index < -0.39 is 11.6 Å². The van der Waals surface area contributed by atoms with Crippen molar-refractivity contribution in [2.75, 3.05) is 18.6 Å². The second kappa shape index (κ2) is 10.2. The summed E-state index contributed by atoms with van der Waals surface area (Å²) in [4.78, 5) is 37.7. The van der Waals surface area contributed by atoms with E-state index in [1.807, 2.05) is 47.4 Å². The third-order valence-corrected chi connectivity index (χ3v) is 6.17. The van der Waals surface area contributed by atoms with Crippen LogP contribution < -0.4 is 4.90 Å². The number of hydrogen-bond acceptors (Lipinski definition) is 5. The van der Waals surface area contributed by atoms with Gasteiger partial charge in [-0.25, -0.2) is 4.79 Å². The minimum Gasteiger partial charge on any atom is -0.465 e. The Morgan fingerprint density at radius 2 is 1.67 bits per heavy atom. The molecule has 1 fully saturated rings. The quantitative estimate of drug-likeness (QED) is 0.345. The van der Waals surface area contributed by atoms with Crippen molar-refractivity contribution in [3.63, 3.8) is 0 Å². The van der Waals surface area contributed by atoms with Crippen LogP contribution in [0.3, 0.4) is 0 Å². The smallest absolute Gasteiger partial charge is 0.337 e. The van der Waals surface area contributed by atoms with Gasteiger partial charge in [-0.05, 0) is 59.9 Å². The number of nitrogens with zero attached hydrogens (tertiary/aromatic N) is 1. The summed E-state index contributed by atoms with van der Waals surface area (Å²) in [5.74, 6) is -0.345. The van der Waals surface area contributed by atoms with Crippen molar-refractivity contribution in [1.82, 2.24) is 0 Å². The summed E-state index contributed by atoms with van der Waals surface area (Å²) >= 11 is 0. The number of rotatable bonds is 5. The lowest BCUT2D eigenvalue weighted by molar-refractivity contribution is -0.131. The number of benzene rings is 2. The van der Waals surface area contributed by atoms with Gasteiger partial charge in [-0.2, -0.15) is 0 Å². The molecular weight excluding hydrogens is 414 g/mol. The molecule has 0 atom stereocenters. The molecule has 1 saturated carbocycles. The Morgan fingerprint density at radius 3 is 2.18 bits per heavy atom. The van der Waals surface area contributed by atoms with Crippen molar-refractivity contribution in [2.24, 2.45) is 11.3 Å². The zero-order chi connectivity index (χ0) is 24.2. The van der Waals surface area contributed by atoms with Gasteiger partial charge < -0.3 is 9.64 Å². The average molecular weight is 448 g/mol. The second-order valence-corrected chi connectivity index (χ2v) is 9.71. The number of anilines is 1. The molecule has 33 heavy (non-hydrogen) atoms. The fourth-order valence-electron chi connectivity index (χ4n) is 3.98. The maximum atomic E-state index is 12.4. The molecule has 174 valence electrons. The molecule has 5 heteroatoms. The van der Waals surface area contributed by atoms with Gasteiger partial charge in [0.05, 0.1) is 12.7 Å². The number of carbonyl (C=O) groups is 3. The summed E-state index contributed by atoms with van der Waals surface area (Å²) in [6, 6.07) is 14.5. The van der Waals surface area contributed by atoms with E-state index in [0.717, 1.165) is 23.6 Å². The molecular formula is C28H33NO4. The van der Waals surface area contributed by atoms with E-state index in [2.05, 4.69) is 20.8 Å². The third-order valence-electron chi connectivity index (χ3n) is 6.17. The lowest BCUT2D eigenvalue weighted by Gasteiger charge is -2.17. The molecule has 0 amide bonds. The van der Waals surface area contributed by atoms with Crippen molar-refractivity contribution < 1.29 is 19.1 Å². The molecule has 1 heterocycles. The monoisotopic (exact) mass is 447 g/mol. The van der Waals surface area contributed by atoms with E-state index in [4.69, 9.17) is 4.74 Å². The molecule has 2 aromatic carbocycles. The van der Waals surface area contributed by atoms with Gasteiger partial charge in [-0.15, -0.1) is 0 Å². The minimum absolute atomic E-state index is 0.364. The van der Waals surface area contributed by atoms with Crippen LogP contribution in [0.5, 0.6) is 0 Å². The average Bonchev–Trinajstić information content (AvgIpc) is 3.59. The number of carbonyl (C=O) groups excluding carboxylic acids is 3.